The van der Waals surface area contributed by atoms with Gasteiger partial charge in [-0.3, -0.25) is 0 Å². The third-order valence-electron chi connectivity index (χ3n) is 3.02. The first kappa shape index (κ1) is 17.1. The van der Waals surface area contributed by atoms with E-state index in [-0.39, 0.29) is 4.99 Å². The molecule has 4 nitrogen and oxygen atoms in total. The monoisotopic (exact) mass is 314 g/mol. The average Bonchev–Trinajstić information content (AvgIpc) is 2.37. The van der Waals surface area contributed by atoms with Crippen LogP contribution in [0.25, 0.3) is 0 Å². The zero-order chi connectivity index (χ0) is 15.3. The Hall–Kier alpha value is -0.980. The molecule has 0 radical (unpaired) electrons. The van der Waals surface area contributed by atoms with Gasteiger partial charge in [-0.05, 0) is 37.5 Å². The topological polar surface area (TPSA) is 63.4 Å². The van der Waals surface area contributed by atoms with Crippen molar-refractivity contribution in [2.75, 3.05) is 13.1 Å². The van der Waals surface area contributed by atoms with E-state index in [0.717, 1.165) is 12.8 Å². The molecule has 0 aliphatic rings. The van der Waals surface area contributed by atoms with Crippen LogP contribution < -0.4 is 5.73 Å². The molecular formula is C14H22N2O2S2. The highest BCUT2D eigenvalue weighted by atomic mass is 32.2. The van der Waals surface area contributed by atoms with Crippen LogP contribution in [0, 0.1) is 6.92 Å². The summed E-state index contributed by atoms with van der Waals surface area (Å²) in [6, 6.07) is 4.99. The molecule has 2 N–H and O–H groups in total. The second-order valence-corrected chi connectivity index (χ2v) is 7.09. The summed E-state index contributed by atoms with van der Waals surface area (Å²) in [4.78, 5) is 0.607. The van der Waals surface area contributed by atoms with Gasteiger partial charge < -0.3 is 5.73 Å². The van der Waals surface area contributed by atoms with Gasteiger partial charge in [-0.15, -0.1) is 0 Å². The summed E-state index contributed by atoms with van der Waals surface area (Å²) in [7, 11) is -3.45. The Morgan fingerprint density at radius 2 is 1.80 bits per heavy atom. The number of thiocarbonyl (C=S) groups is 1. The van der Waals surface area contributed by atoms with Crippen molar-refractivity contribution in [3.63, 3.8) is 0 Å². The minimum absolute atomic E-state index is 0.274. The molecule has 0 aliphatic carbocycles. The van der Waals surface area contributed by atoms with E-state index in [0.29, 0.717) is 29.1 Å². The van der Waals surface area contributed by atoms with Crippen LogP contribution in [0.5, 0.6) is 0 Å². The Balaban J connectivity index is 3.23. The van der Waals surface area contributed by atoms with E-state index >= 15 is 0 Å². The van der Waals surface area contributed by atoms with E-state index in [4.69, 9.17) is 18.0 Å². The van der Waals surface area contributed by atoms with E-state index in [1.807, 2.05) is 13.8 Å². The van der Waals surface area contributed by atoms with Gasteiger partial charge in [0.2, 0.25) is 10.0 Å². The molecule has 0 saturated carbocycles. The summed E-state index contributed by atoms with van der Waals surface area (Å²) in [6.07, 6.45) is 1.59. The summed E-state index contributed by atoms with van der Waals surface area (Å²) < 4.78 is 26.9. The average molecular weight is 314 g/mol. The third-order valence-corrected chi connectivity index (χ3v) is 5.32. The number of hydrogen-bond donors (Lipinski definition) is 1. The van der Waals surface area contributed by atoms with Crippen LogP contribution in [0.3, 0.4) is 0 Å². The zero-order valence-corrected chi connectivity index (χ0v) is 13.9. The minimum Gasteiger partial charge on any atom is -0.389 e. The Kier molecular flexibility index (Phi) is 6.10. The zero-order valence-electron chi connectivity index (χ0n) is 12.2. The summed E-state index contributed by atoms with van der Waals surface area (Å²) in [6.45, 7) is 6.78. The molecule has 0 spiro atoms. The first-order valence-electron chi connectivity index (χ1n) is 6.75. The predicted molar refractivity (Wildman–Crippen MR) is 86.4 cm³/mol. The van der Waals surface area contributed by atoms with Crippen molar-refractivity contribution < 1.29 is 8.42 Å². The number of benzene rings is 1. The molecule has 0 saturated heterocycles. The largest absolute Gasteiger partial charge is 0.389 e. The first-order chi connectivity index (χ1) is 9.34. The lowest BCUT2D eigenvalue weighted by Crippen LogP contribution is -2.33. The highest BCUT2D eigenvalue weighted by molar-refractivity contribution is 7.89. The number of nitrogens with two attached hydrogens (primary N) is 1. The van der Waals surface area contributed by atoms with E-state index in [9.17, 15) is 8.42 Å². The van der Waals surface area contributed by atoms with Gasteiger partial charge in [0.25, 0.3) is 0 Å². The van der Waals surface area contributed by atoms with Gasteiger partial charge in [0.15, 0.2) is 0 Å². The molecule has 1 aromatic carbocycles. The standard InChI is InChI=1S/C14H22N2O2S2/c1-4-8-16(9-5-2)20(17,18)13-7-6-12(14(15)19)10-11(13)3/h6-7,10H,4-5,8-9H2,1-3H3,(H2,15,19). The van der Waals surface area contributed by atoms with Crippen molar-refractivity contribution in [3.05, 3.63) is 29.3 Å². The summed E-state index contributed by atoms with van der Waals surface area (Å²) in [5, 5.41) is 0. The van der Waals surface area contributed by atoms with E-state index in [2.05, 4.69) is 0 Å². The maximum atomic E-state index is 12.7. The number of sulfonamides is 1. The van der Waals surface area contributed by atoms with Crippen molar-refractivity contribution in [2.45, 2.75) is 38.5 Å². The Morgan fingerprint density at radius 3 is 2.20 bits per heavy atom. The van der Waals surface area contributed by atoms with Gasteiger partial charge in [-0.25, -0.2) is 8.42 Å². The molecular weight excluding hydrogens is 292 g/mol. The lowest BCUT2D eigenvalue weighted by Gasteiger charge is -2.22. The number of aryl methyl sites for hydroxylation is 1. The molecule has 0 atom stereocenters. The van der Waals surface area contributed by atoms with Gasteiger partial charge in [-0.1, -0.05) is 32.1 Å². The fourth-order valence-corrected chi connectivity index (χ4v) is 4.04. The van der Waals surface area contributed by atoms with Crippen LogP contribution in [0.15, 0.2) is 23.1 Å². The normalized spacial score (nSPS) is 11.8. The molecule has 0 amide bonds. The Bertz CT molecular complexity index is 577. The van der Waals surface area contributed by atoms with Crippen molar-refractivity contribution in [3.8, 4) is 0 Å². The number of nitrogens with zero attached hydrogens (tertiary/aromatic N) is 1. The molecule has 0 unspecified atom stereocenters. The predicted octanol–water partition coefficient (Wildman–Crippen LogP) is 2.44. The molecule has 1 rings (SSSR count). The van der Waals surface area contributed by atoms with E-state index in [1.54, 1.807) is 25.1 Å². The van der Waals surface area contributed by atoms with E-state index < -0.39 is 10.0 Å². The fourth-order valence-electron chi connectivity index (χ4n) is 2.08. The smallest absolute Gasteiger partial charge is 0.243 e. The van der Waals surface area contributed by atoms with Crippen molar-refractivity contribution >= 4 is 27.2 Å². The second kappa shape index (κ2) is 7.15. The number of rotatable bonds is 7. The van der Waals surface area contributed by atoms with Crippen LogP contribution >= 0.6 is 12.2 Å². The molecule has 0 aromatic heterocycles. The molecule has 0 heterocycles. The molecule has 0 fully saturated rings. The lowest BCUT2D eigenvalue weighted by atomic mass is 10.1. The maximum Gasteiger partial charge on any atom is 0.243 e. The van der Waals surface area contributed by atoms with Crippen molar-refractivity contribution in [2.24, 2.45) is 5.73 Å². The highest BCUT2D eigenvalue weighted by Gasteiger charge is 2.24. The Morgan fingerprint density at radius 1 is 1.25 bits per heavy atom. The molecule has 0 bridgehead atoms. The van der Waals surface area contributed by atoms with Gasteiger partial charge in [-0.2, -0.15) is 4.31 Å². The molecule has 6 heteroatoms. The first-order valence-corrected chi connectivity index (χ1v) is 8.60. The van der Waals surface area contributed by atoms with Gasteiger partial charge >= 0.3 is 0 Å². The van der Waals surface area contributed by atoms with Gasteiger partial charge in [0.1, 0.15) is 4.99 Å². The minimum atomic E-state index is -3.45. The number of hydrogen-bond acceptors (Lipinski definition) is 3. The Labute approximate surface area is 127 Å². The summed E-state index contributed by atoms with van der Waals surface area (Å²) in [5.41, 5.74) is 6.93. The molecule has 0 aliphatic heterocycles. The van der Waals surface area contributed by atoms with Crippen LogP contribution in [0.4, 0.5) is 0 Å². The molecule has 112 valence electrons. The van der Waals surface area contributed by atoms with E-state index in [1.165, 1.54) is 4.31 Å². The quantitative estimate of drug-likeness (QED) is 0.785. The van der Waals surface area contributed by atoms with Crippen molar-refractivity contribution in [1.82, 2.24) is 4.31 Å². The fraction of sp³-hybridized carbons (Fsp3) is 0.500. The van der Waals surface area contributed by atoms with Crippen LogP contribution in [-0.2, 0) is 10.0 Å². The third kappa shape index (κ3) is 3.77. The lowest BCUT2D eigenvalue weighted by molar-refractivity contribution is 0.409. The van der Waals surface area contributed by atoms with Crippen LogP contribution in [-0.4, -0.2) is 30.8 Å². The van der Waals surface area contributed by atoms with Crippen LogP contribution in [0.2, 0.25) is 0 Å². The van der Waals surface area contributed by atoms with Crippen molar-refractivity contribution in [1.29, 1.82) is 0 Å². The van der Waals surface area contributed by atoms with Gasteiger partial charge in [0.05, 0.1) is 4.90 Å². The maximum absolute atomic E-state index is 12.7. The SMILES string of the molecule is CCCN(CCC)S(=O)(=O)c1ccc(C(N)=S)cc1C. The second-order valence-electron chi connectivity index (χ2n) is 4.75. The highest BCUT2D eigenvalue weighted by Crippen LogP contribution is 2.21. The van der Waals surface area contributed by atoms with Gasteiger partial charge in [0, 0.05) is 18.7 Å². The van der Waals surface area contributed by atoms with Crippen LogP contribution in [0.1, 0.15) is 37.8 Å². The summed E-state index contributed by atoms with van der Waals surface area (Å²) >= 11 is 4.91. The molecule has 1 aromatic rings. The summed E-state index contributed by atoms with van der Waals surface area (Å²) in [5.74, 6) is 0. The molecule has 20 heavy (non-hydrogen) atoms.